The summed E-state index contributed by atoms with van der Waals surface area (Å²) in [4.78, 5) is 23.4. The van der Waals surface area contributed by atoms with E-state index in [2.05, 4.69) is 39.7 Å². The molecule has 2 aromatic heterocycles. The number of rotatable bonds is 5. The van der Waals surface area contributed by atoms with Crippen molar-refractivity contribution in [3.63, 3.8) is 0 Å². The highest BCUT2D eigenvalue weighted by molar-refractivity contribution is 7.19. The zero-order chi connectivity index (χ0) is 18.4. The van der Waals surface area contributed by atoms with E-state index in [9.17, 15) is 4.79 Å². The van der Waals surface area contributed by atoms with E-state index in [0.29, 0.717) is 0 Å². The summed E-state index contributed by atoms with van der Waals surface area (Å²) in [5.41, 5.74) is 3.46. The van der Waals surface area contributed by atoms with Gasteiger partial charge in [-0.3, -0.25) is 4.79 Å². The molecule has 1 fully saturated rings. The minimum atomic E-state index is 0.119. The van der Waals surface area contributed by atoms with Gasteiger partial charge in [-0.15, -0.1) is 11.3 Å². The van der Waals surface area contributed by atoms with Gasteiger partial charge in [-0.2, -0.15) is 0 Å². The number of thiophene rings is 1. The topological polar surface area (TPSA) is 66.9 Å². The summed E-state index contributed by atoms with van der Waals surface area (Å²) in [7, 11) is 0. The fourth-order valence-electron chi connectivity index (χ4n) is 3.77. The molecule has 0 aliphatic heterocycles. The lowest BCUT2D eigenvalue weighted by Gasteiger charge is -2.16. The lowest BCUT2D eigenvalue weighted by molar-refractivity contribution is -0.117. The van der Waals surface area contributed by atoms with Crippen molar-refractivity contribution in [1.29, 1.82) is 0 Å². The molecular weight excluding hydrogens is 356 g/mol. The Morgan fingerprint density at radius 2 is 2.00 bits per heavy atom. The summed E-state index contributed by atoms with van der Waals surface area (Å²) in [6.07, 6.45) is 7.21. The molecule has 0 bridgehead atoms. The Morgan fingerprint density at radius 1 is 1.19 bits per heavy atom. The number of carbonyl (C=O) groups excluding carboxylic acids is 1. The second kappa shape index (κ2) is 6.60. The van der Waals surface area contributed by atoms with Crippen molar-refractivity contribution in [1.82, 2.24) is 9.97 Å². The number of amides is 1. The summed E-state index contributed by atoms with van der Waals surface area (Å²) >= 11 is 1.81. The van der Waals surface area contributed by atoms with Crippen LogP contribution in [0.5, 0.6) is 0 Å². The van der Waals surface area contributed by atoms with Crippen molar-refractivity contribution in [2.24, 2.45) is 5.92 Å². The Labute approximate surface area is 162 Å². The van der Waals surface area contributed by atoms with Crippen molar-refractivity contribution >= 4 is 39.0 Å². The van der Waals surface area contributed by atoms with E-state index in [-0.39, 0.29) is 17.9 Å². The van der Waals surface area contributed by atoms with Crippen LogP contribution in [0.25, 0.3) is 10.2 Å². The molecule has 1 atom stereocenters. The number of aromatic nitrogens is 2. The largest absolute Gasteiger partial charge is 0.363 e. The monoisotopic (exact) mass is 378 g/mol. The fraction of sp³-hybridized carbons (Fsp3) is 0.381. The molecule has 2 aliphatic carbocycles. The molecule has 27 heavy (non-hydrogen) atoms. The summed E-state index contributed by atoms with van der Waals surface area (Å²) in [5, 5.41) is 7.77. The van der Waals surface area contributed by atoms with Crippen LogP contribution in [-0.4, -0.2) is 15.9 Å². The molecule has 138 valence electrons. The van der Waals surface area contributed by atoms with Crippen LogP contribution >= 0.6 is 11.3 Å². The molecule has 2 N–H and O–H groups in total. The van der Waals surface area contributed by atoms with Crippen LogP contribution < -0.4 is 10.6 Å². The number of carbonyl (C=O) groups is 1. The third kappa shape index (κ3) is 3.18. The van der Waals surface area contributed by atoms with Crippen molar-refractivity contribution in [2.75, 3.05) is 10.6 Å². The van der Waals surface area contributed by atoms with E-state index < -0.39 is 0 Å². The van der Waals surface area contributed by atoms with Gasteiger partial charge in [-0.25, -0.2) is 9.97 Å². The number of fused-ring (bicyclic) bond motifs is 3. The number of anilines is 2. The smallest absolute Gasteiger partial charge is 0.227 e. The maximum Gasteiger partial charge on any atom is 0.227 e. The predicted octanol–water partition coefficient (Wildman–Crippen LogP) is 4.70. The average molecular weight is 379 g/mol. The van der Waals surface area contributed by atoms with Gasteiger partial charge < -0.3 is 10.6 Å². The number of nitrogens with one attached hydrogen (secondary N) is 2. The SMILES string of the molecule is CC(Nc1ncnc2sc3c(c12)CCC3)c1ccc(NC(=O)C2CC2)cc1. The fourth-order valence-corrected chi connectivity index (χ4v) is 5.00. The Bertz CT molecular complexity index is 1010. The number of hydrogen-bond acceptors (Lipinski definition) is 5. The summed E-state index contributed by atoms with van der Waals surface area (Å²) in [6, 6.07) is 8.21. The Kier molecular flexibility index (Phi) is 4.08. The van der Waals surface area contributed by atoms with Crippen molar-refractivity contribution < 1.29 is 4.79 Å². The molecule has 0 spiro atoms. The van der Waals surface area contributed by atoms with Gasteiger partial charge in [0.2, 0.25) is 5.91 Å². The van der Waals surface area contributed by atoms with Crippen molar-refractivity contribution in [2.45, 2.75) is 45.1 Å². The molecule has 2 heterocycles. The van der Waals surface area contributed by atoms with E-state index in [0.717, 1.165) is 41.2 Å². The molecule has 2 aliphatic rings. The Morgan fingerprint density at radius 3 is 2.78 bits per heavy atom. The van der Waals surface area contributed by atoms with Gasteiger partial charge in [0.15, 0.2) is 0 Å². The van der Waals surface area contributed by atoms with Crippen LogP contribution in [0.15, 0.2) is 30.6 Å². The van der Waals surface area contributed by atoms with Crippen LogP contribution in [0.1, 0.15) is 48.2 Å². The van der Waals surface area contributed by atoms with Crippen LogP contribution in [0.4, 0.5) is 11.5 Å². The molecular formula is C21H22N4OS. The molecule has 1 aromatic carbocycles. The Hall–Kier alpha value is -2.47. The first-order valence-electron chi connectivity index (χ1n) is 9.61. The standard InChI is InChI=1S/C21H22N4OS/c1-12(13-7-9-15(10-8-13)25-20(26)14-5-6-14)24-19-18-16-3-2-4-17(16)27-21(18)23-11-22-19/h7-12,14H,2-6H2,1H3,(H,25,26)(H,22,23,24). The maximum atomic E-state index is 11.9. The highest BCUT2D eigenvalue weighted by Crippen LogP contribution is 2.39. The molecule has 6 heteroatoms. The zero-order valence-electron chi connectivity index (χ0n) is 15.3. The van der Waals surface area contributed by atoms with Gasteiger partial charge >= 0.3 is 0 Å². The van der Waals surface area contributed by atoms with Crippen LogP contribution in [-0.2, 0) is 17.6 Å². The number of benzene rings is 1. The highest BCUT2D eigenvalue weighted by Gasteiger charge is 2.29. The second-order valence-corrected chi connectivity index (χ2v) is 8.59. The Balaban J connectivity index is 1.35. The van der Waals surface area contributed by atoms with Gasteiger partial charge in [0.25, 0.3) is 0 Å². The highest BCUT2D eigenvalue weighted by atomic mass is 32.1. The van der Waals surface area contributed by atoms with Crippen LogP contribution in [0, 0.1) is 5.92 Å². The van der Waals surface area contributed by atoms with Crippen LogP contribution in [0.2, 0.25) is 0 Å². The van der Waals surface area contributed by atoms with Crippen molar-refractivity contribution in [3.05, 3.63) is 46.6 Å². The average Bonchev–Trinajstić information content (AvgIpc) is 3.32. The van der Waals surface area contributed by atoms with E-state index in [4.69, 9.17) is 0 Å². The quantitative estimate of drug-likeness (QED) is 0.675. The molecule has 1 amide bonds. The van der Waals surface area contributed by atoms with Gasteiger partial charge in [-0.1, -0.05) is 12.1 Å². The number of nitrogens with zero attached hydrogens (tertiary/aromatic N) is 2. The first-order chi connectivity index (χ1) is 13.2. The number of hydrogen-bond donors (Lipinski definition) is 2. The third-order valence-electron chi connectivity index (χ3n) is 5.48. The normalized spacial score (nSPS) is 16.9. The van der Waals surface area contributed by atoms with E-state index >= 15 is 0 Å². The summed E-state index contributed by atoms with van der Waals surface area (Å²) < 4.78 is 0. The third-order valence-corrected chi connectivity index (χ3v) is 6.68. The summed E-state index contributed by atoms with van der Waals surface area (Å²) in [5.74, 6) is 1.29. The van der Waals surface area contributed by atoms with Gasteiger partial charge in [0.05, 0.1) is 5.39 Å². The summed E-state index contributed by atoms with van der Waals surface area (Å²) in [6.45, 7) is 2.14. The second-order valence-electron chi connectivity index (χ2n) is 7.51. The molecule has 1 unspecified atom stereocenters. The van der Waals surface area contributed by atoms with Crippen molar-refractivity contribution in [3.8, 4) is 0 Å². The first-order valence-corrected chi connectivity index (χ1v) is 10.4. The maximum absolute atomic E-state index is 11.9. The van der Waals surface area contributed by atoms with Gasteiger partial charge in [-0.05, 0) is 62.3 Å². The molecule has 5 rings (SSSR count). The minimum Gasteiger partial charge on any atom is -0.363 e. The van der Waals surface area contributed by atoms with E-state index in [1.807, 2.05) is 23.5 Å². The van der Waals surface area contributed by atoms with E-state index in [1.54, 1.807) is 6.33 Å². The van der Waals surface area contributed by atoms with Gasteiger partial charge in [0, 0.05) is 22.5 Å². The zero-order valence-corrected chi connectivity index (χ0v) is 16.1. The number of aryl methyl sites for hydroxylation is 2. The molecule has 1 saturated carbocycles. The molecule has 5 nitrogen and oxygen atoms in total. The first kappa shape index (κ1) is 16.7. The van der Waals surface area contributed by atoms with Crippen LogP contribution in [0.3, 0.4) is 0 Å². The van der Waals surface area contributed by atoms with Gasteiger partial charge in [0.1, 0.15) is 17.0 Å². The molecule has 0 saturated heterocycles. The minimum absolute atomic E-state index is 0.119. The molecule has 0 radical (unpaired) electrons. The molecule has 3 aromatic rings. The predicted molar refractivity (Wildman–Crippen MR) is 109 cm³/mol. The lowest BCUT2D eigenvalue weighted by atomic mass is 10.1. The van der Waals surface area contributed by atoms with E-state index in [1.165, 1.54) is 28.7 Å². The lowest BCUT2D eigenvalue weighted by Crippen LogP contribution is -2.13.